The van der Waals surface area contributed by atoms with Gasteiger partial charge in [-0.1, -0.05) is 19.3 Å². The van der Waals surface area contributed by atoms with E-state index in [1.165, 1.54) is 37.0 Å². The lowest BCUT2D eigenvalue weighted by Gasteiger charge is -2.20. The summed E-state index contributed by atoms with van der Waals surface area (Å²) in [5, 5.41) is 0.802. The molecule has 2 rings (SSSR count). The Bertz CT molecular complexity index is 315. The summed E-state index contributed by atoms with van der Waals surface area (Å²) in [6.07, 6.45) is 8.89. The highest BCUT2D eigenvalue weighted by Crippen LogP contribution is 2.33. The van der Waals surface area contributed by atoms with E-state index in [0.717, 1.165) is 10.9 Å². The Morgan fingerprint density at radius 2 is 2.06 bits per heavy atom. The van der Waals surface area contributed by atoms with E-state index in [9.17, 15) is 0 Å². The Labute approximate surface area is 102 Å². The Morgan fingerprint density at radius 1 is 1.31 bits per heavy atom. The maximum atomic E-state index is 5.78. The summed E-state index contributed by atoms with van der Waals surface area (Å²) in [4.78, 5) is 5.69. The zero-order valence-electron chi connectivity index (χ0n) is 9.86. The van der Waals surface area contributed by atoms with Crippen molar-refractivity contribution in [2.45, 2.75) is 55.2 Å². The van der Waals surface area contributed by atoms with Gasteiger partial charge >= 0.3 is 0 Å². The normalized spacial score (nSPS) is 19.6. The van der Waals surface area contributed by atoms with Gasteiger partial charge in [0.2, 0.25) is 0 Å². The number of nitrogens with zero attached hydrogens (tertiary/aromatic N) is 1. The molecule has 2 N–H and O–H groups in total. The van der Waals surface area contributed by atoms with E-state index in [2.05, 4.69) is 17.1 Å². The highest BCUT2D eigenvalue weighted by molar-refractivity contribution is 8.00. The van der Waals surface area contributed by atoms with Gasteiger partial charge in [-0.15, -0.1) is 11.8 Å². The predicted molar refractivity (Wildman–Crippen MR) is 69.6 cm³/mol. The number of thioether (sulfide) groups is 1. The highest BCUT2D eigenvalue weighted by Gasteiger charge is 2.14. The molecular weight excluding hydrogens is 216 g/mol. The molecule has 1 heterocycles. The second-order valence-electron chi connectivity index (χ2n) is 4.59. The van der Waals surface area contributed by atoms with Crippen LogP contribution in [0, 0.1) is 0 Å². The monoisotopic (exact) mass is 236 g/mol. The Morgan fingerprint density at radius 3 is 2.62 bits per heavy atom. The van der Waals surface area contributed by atoms with Gasteiger partial charge in [0.15, 0.2) is 0 Å². The lowest BCUT2D eigenvalue weighted by Crippen LogP contribution is -2.09. The van der Waals surface area contributed by atoms with E-state index in [0.29, 0.717) is 0 Å². The first-order valence-corrected chi connectivity index (χ1v) is 7.02. The van der Waals surface area contributed by atoms with Crippen molar-refractivity contribution in [1.82, 2.24) is 4.98 Å². The SMILES string of the molecule is C[C@@H](N)c1ccc(SC2CCCCC2)cn1. The Kier molecular flexibility index (Phi) is 4.24. The van der Waals surface area contributed by atoms with Crippen molar-refractivity contribution in [2.24, 2.45) is 5.73 Å². The fraction of sp³-hybridized carbons (Fsp3) is 0.615. The Hall–Kier alpha value is -0.540. The number of rotatable bonds is 3. The van der Waals surface area contributed by atoms with Crippen LogP contribution in [0.15, 0.2) is 23.2 Å². The van der Waals surface area contributed by atoms with Crippen LogP contribution in [0.1, 0.15) is 50.8 Å². The fourth-order valence-corrected chi connectivity index (χ4v) is 3.32. The summed E-state index contributed by atoms with van der Waals surface area (Å²) in [6, 6.07) is 4.24. The van der Waals surface area contributed by atoms with Crippen molar-refractivity contribution >= 4 is 11.8 Å². The van der Waals surface area contributed by atoms with Crippen molar-refractivity contribution in [3.05, 3.63) is 24.0 Å². The van der Waals surface area contributed by atoms with E-state index in [1.807, 2.05) is 24.9 Å². The third-order valence-electron chi connectivity index (χ3n) is 3.08. The molecule has 0 saturated heterocycles. The summed E-state index contributed by atoms with van der Waals surface area (Å²) in [5.74, 6) is 0. The third kappa shape index (κ3) is 3.22. The molecule has 1 aliphatic carbocycles. The van der Waals surface area contributed by atoms with Gasteiger partial charge in [0.05, 0.1) is 5.69 Å². The second-order valence-corrected chi connectivity index (χ2v) is 5.96. The molecule has 0 aliphatic heterocycles. The molecule has 0 unspecified atom stereocenters. The molecule has 1 fully saturated rings. The Balaban J connectivity index is 1.93. The summed E-state index contributed by atoms with van der Waals surface area (Å²) < 4.78 is 0. The minimum Gasteiger partial charge on any atom is -0.323 e. The first kappa shape index (κ1) is 11.9. The smallest absolute Gasteiger partial charge is 0.0569 e. The maximum absolute atomic E-state index is 5.78. The first-order valence-electron chi connectivity index (χ1n) is 6.14. The van der Waals surface area contributed by atoms with Crippen LogP contribution in [0.4, 0.5) is 0 Å². The lowest BCUT2D eigenvalue weighted by atomic mass is 10.0. The molecule has 0 bridgehead atoms. The van der Waals surface area contributed by atoms with Gasteiger partial charge in [-0.2, -0.15) is 0 Å². The maximum Gasteiger partial charge on any atom is 0.0569 e. The molecule has 1 atom stereocenters. The van der Waals surface area contributed by atoms with E-state index >= 15 is 0 Å². The molecule has 88 valence electrons. The number of hydrogen-bond acceptors (Lipinski definition) is 3. The van der Waals surface area contributed by atoms with Crippen LogP contribution in [-0.2, 0) is 0 Å². The molecule has 1 aliphatic rings. The van der Waals surface area contributed by atoms with E-state index in [4.69, 9.17) is 5.73 Å². The molecule has 0 amide bonds. The van der Waals surface area contributed by atoms with Crippen molar-refractivity contribution in [2.75, 3.05) is 0 Å². The standard InChI is InChI=1S/C13H20N2S/c1-10(14)13-8-7-12(9-15-13)16-11-5-3-2-4-6-11/h7-11H,2-6,14H2,1H3/t10-/m1/s1. The van der Waals surface area contributed by atoms with Gasteiger partial charge in [0.1, 0.15) is 0 Å². The van der Waals surface area contributed by atoms with E-state index in [-0.39, 0.29) is 6.04 Å². The van der Waals surface area contributed by atoms with Gasteiger partial charge in [-0.05, 0) is 31.9 Å². The van der Waals surface area contributed by atoms with Gasteiger partial charge in [0.25, 0.3) is 0 Å². The summed E-state index contributed by atoms with van der Waals surface area (Å²) in [5.41, 5.74) is 6.76. The molecule has 0 aromatic carbocycles. The molecule has 1 aromatic rings. The number of nitrogens with two attached hydrogens (primary N) is 1. The highest BCUT2D eigenvalue weighted by atomic mass is 32.2. The number of aromatic nitrogens is 1. The molecule has 2 nitrogen and oxygen atoms in total. The molecule has 1 saturated carbocycles. The largest absolute Gasteiger partial charge is 0.323 e. The minimum atomic E-state index is 0.0359. The average molecular weight is 236 g/mol. The van der Waals surface area contributed by atoms with Gasteiger partial charge in [-0.3, -0.25) is 4.98 Å². The topological polar surface area (TPSA) is 38.9 Å². The quantitative estimate of drug-likeness (QED) is 0.872. The predicted octanol–water partition coefficient (Wildman–Crippen LogP) is 3.53. The molecule has 1 aromatic heterocycles. The number of pyridine rings is 1. The molecule has 0 radical (unpaired) electrons. The third-order valence-corrected chi connectivity index (χ3v) is 4.40. The van der Waals surface area contributed by atoms with E-state index in [1.54, 1.807) is 0 Å². The molecule has 3 heteroatoms. The van der Waals surface area contributed by atoms with Crippen LogP contribution in [0.5, 0.6) is 0 Å². The van der Waals surface area contributed by atoms with Crippen molar-refractivity contribution in [3.8, 4) is 0 Å². The average Bonchev–Trinajstić information content (AvgIpc) is 2.31. The van der Waals surface area contributed by atoms with E-state index < -0.39 is 0 Å². The summed E-state index contributed by atoms with van der Waals surface area (Å²) >= 11 is 1.98. The van der Waals surface area contributed by atoms with Crippen LogP contribution in [0.25, 0.3) is 0 Å². The number of hydrogen-bond donors (Lipinski definition) is 1. The second kappa shape index (κ2) is 5.69. The molecular formula is C13H20N2S. The zero-order chi connectivity index (χ0) is 11.4. The van der Waals surface area contributed by atoms with Crippen LogP contribution in [0.3, 0.4) is 0 Å². The first-order chi connectivity index (χ1) is 7.75. The van der Waals surface area contributed by atoms with Gasteiger partial charge < -0.3 is 5.73 Å². The van der Waals surface area contributed by atoms with Crippen LogP contribution in [0.2, 0.25) is 0 Å². The zero-order valence-corrected chi connectivity index (χ0v) is 10.7. The molecule has 16 heavy (non-hydrogen) atoms. The molecule has 0 spiro atoms. The summed E-state index contributed by atoms with van der Waals surface area (Å²) in [6.45, 7) is 1.97. The van der Waals surface area contributed by atoms with Gasteiger partial charge in [0, 0.05) is 22.4 Å². The van der Waals surface area contributed by atoms with Crippen molar-refractivity contribution < 1.29 is 0 Å². The summed E-state index contributed by atoms with van der Waals surface area (Å²) in [7, 11) is 0. The fourth-order valence-electron chi connectivity index (χ4n) is 2.11. The van der Waals surface area contributed by atoms with Crippen molar-refractivity contribution in [1.29, 1.82) is 0 Å². The van der Waals surface area contributed by atoms with Crippen molar-refractivity contribution in [3.63, 3.8) is 0 Å². The van der Waals surface area contributed by atoms with Crippen LogP contribution < -0.4 is 5.73 Å². The van der Waals surface area contributed by atoms with Gasteiger partial charge in [-0.25, -0.2) is 0 Å². The lowest BCUT2D eigenvalue weighted by molar-refractivity contribution is 0.516. The van der Waals surface area contributed by atoms with Crippen LogP contribution >= 0.6 is 11.8 Å². The van der Waals surface area contributed by atoms with Crippen LogP contribution in [-0.4, -0.2) is 10.2 Å². The minimum absolute atomic E-state index is 0.0359.